The largest absolute Gasteiger partial charge is 0.480 e. The van der Waals surface area contributed by atoms with E-state index in [4.69, 9.17) is 27.9 Å². The van der Waals surface area contributed by atoms with Crippen molar-refractivity contribution >= 4 is 61.6 Å². The van der Waals surface area contributed by atoms with Crippen LogP contribution in [-0.4, -0.2) is 59.8 Å². The molecule has 0 saturated carbocycles. The summed E-state index contributed by atoms with van der Waals surface area (Å²) < 4.78 is 34.8. The predicted molar refractivity (Wildman–Crippen MR) is 140 cm³/mol. The zero-order valence-corrected chi connectivity index (χ0v) is 21.5. The van der Waals surface area contributed by atoms with Crippen LogP contribution in [0.5, 0.6) is 0 Å². The number of ether oxygens (including phenoxy) is 1. The monoisotopic (exact) mass is 561 g/mol. The Hall–Kier alpha value is -3.38. The van der Waals surface area contributed by atoms with Crippen LogP contribution in [0.1, 0.15) is 6.42 Å². The molecule has 1 aliphatic rings. The summed E-state index contributed by atoms with van der Waals surface area (Å²) in [7, 11) is -4.28. The number of hydrogen-bond donors (Lipinski definition) is 2. The molecule has 1 fully saturated rings. The van der Waals surface area contributed by atoms with Crippen LogP contribution in [0.4, 0.5) is 11.5 Å². The van der Waals surface area contributed by atoms with Gasteiger partial charge in [0.1, 0.15) is 12.4 Å². The highest BCUT2D eigenvalue weighted by molar-refractivity contribution is 7.92. The van der Waals surface area contributed by atoms with Crippen molar-refractivity contribution in [2.24, 2.45) is 0 Å². The Balaban J connectivity index is 1.47. The number of carbonyl (C=O) groups is 1. The van der Waals surface area contributed by atoms with E-state index in [0.717, 1.165) is 22.8 Å². The smallest absolute Gasteiger partial charge is 0.324 e. The Kier molecular flexibility index (Phi) is 6.95. The molecule has 0 radical (unpaired) electrons. The number of carboxylic acids is 1. The van der Waals surface area contributed by atoms with Gasteiger partial charge in [-0.25, -0.2) is 18.4 Å². The first-order valence-electron chi connectivity index (χ1n) is 11.2. The number of anilines is 2. The van der Waals surface area contributed by atoms with Gasteiger partial charge in [0.2, 0.25) is 0 Å². The standard InChI is InChI=1S/C24H21Cl2N5O5S/c25-16-8-17(26)10-20(9-16)37(34,35)31(13-24(32)33)19-1-2-21-15(7-19)3-5-30(21)23-12-27-22(11-28-23)29-18-4-6-36-14-18/h1-3,5,7-12,18H,4,6,13-14H2,(H,27,29)(H,32,33). The molecule has 5 rings (SSSR count). The molecule has 37 heavy (non-hydrogen) atoms. The maximum Gasteiger partial charge on any atom is 0.324 e. The van der Waals surface area contributed by atoms with Gasteiger partial charge in [0.15, 0.2) is 5.82 Å². The van der Waals surface area contributed by atoms with Gasteiger partial charge in [-0.3, -0.25) is 13.7 Å². The van der Waals surface area contributed by atoms with Gasteiger partial charge in [0.05, 0.1) is 41.1 Å². The van der Waals surface area contributed by atoms with E-state index in [1.807, 2.05) is 0 Å². The van der Waals surface area contributed by atoms with Crippen LogP contribution in [0.2, 0.25) is 10.0 Å². The van der Waals surface area contributed by atoms with Gasteiger partial charge in [-0.1, -0.05) is 23.2 Å². The van der Waals surface area contributed by atoms with Crippen LogP contribution in [0.25, 0.3) is 16.7 Å². The third-order valence-electron chi connectivity index (χ3n) is 5.83. The Morgan fingerprint density at radius 1 is 1.14 bits per heavy atom. The molecule has 2 N–H and O–H groups in total. The second-order valence-corrected chi connectivity index (χ2v) is 11.1. The quantitative estimate of drug-likeness (QED) is 0.327. The van der Waals surface area contributed by atoms with E-state index in [0.29, 0.717) is 23.6 Å². The Labute approximate surface area is 222 Å². The van der Waals surface area contributed by atoms with Crippen molar-refractivity contribution in [3.8, 4) is 5.82 Å². The van der Waals surface area contributed by atoms with Crippen LogP contribution in [0.15, 0.2) is 66.0 Å². The molecule has 0 spiro atoms. The number of sulfonamides is 1. The molecule has 3 heterocycles. The number of aromatic nitrogens is 3. The molecule has 13 heteroatoms. The number of fused-ring (bicyclic) bond motifs is 1. The van der Waals surface area contributed by atoms with Crippen molar-refractivity contribution in [1.82, 2.24) is 14.5 Å². The molecule has 0 bridgehead atoms. The number of nitrogens with one attached hydrogen (secondary N) is 1. The summed E-state index contributed by atoms with van der Waals surface area (Å²) in [5.74, 6) is -0.101. The van der Waals surface area contributed by atoms with Crippen LogP contribution < -0.4 is 9.62 Å². The van der Waals surface area contributed by atoms with Crippen molar-refractivity contribution in [3.05, 3.63) is 71.1 Å². The summed E-state index contributed by atoms with van der Waals surface area (Å²) in [5.41, 5.74) is 0.912. The number of rotatable bonds is 8. The number of benzene rings is 2. The lowest BCUT2D eigenvalue weighted by molar-refractivity contribution is -0.135. The van der Waals surface area contributed by atoms with Gasteiger partial charge in [-0.2, -0.15) is 0 Å². The van der Waals surface area contributed by atoms with Crippen molar-refractivity contribution < 1.29 is 23.1 Å². The third kappa shape index (κ3) is 5.35. The summed E-state index contributed by atoms with van der Waals surface area (Å²) in [6.07, 6.45) is 5.97. The Bertz CT molecular complexity index is 1550. The first-order valence-corrected chi connectivity index (χ1v) is 13.4. The minimum absolute atomic E-state index is 0.118. The van der Waals surface area contributed by atoms with Gasteiger partial charge >= 0.3 is 5.97 Å². The number of carboxylic acid groups (broad SMARTS) is 1. The number of hydrogen-bond acceptors (Lipinski definition) is 7. The maximum atomic E-state index is 13.4. The van der Waals surface area contributed by atoms with E-state index < -0.39 is 22.5 Å². The normalized spacial score (nSPS) is 15.7. The van der Waals surface area contributed by atoms with Crippen LogP contribution in [-0.2, 0) is 19.6 Å². The molecule has 1 aliphatic heterocycles. The highest BCUT2D eigenvalue weighted by atomic mass is 35.5. The van der Waals surface area contributed by atoms with Crippen LogP contribution in [0, 0.1) is 0 Å². The zero-order valence-electron chi connectivity index (χ0n) is 19.2. The Morgan fingerprint density at radius 3 is 2.57 bits per heavy atom. The van der Waals surface area contributed by atoms with Crippen molar-refractivity contribution in [2.75, 3.05) is 29.4 Å². The fourth-order valence-electron chi connectivity index (χ4n) is 4.11. The van der Waals surface area contributed by atoms with Crippen LogP contribution in [0.3, 0.4) is 0 Å². The maximum absolute atomic E-state index is 13.4. The molecule has 1 saturated heterocycles. The Morgan fingerprint density at radius 2 is 1.92 bits per heavy atom. The number of nitrogens with zero attached hydrogens (tertiary/aromatic N) is 4. The van der Waals surface area contributed by atoms with Crippen LogP contribution >= 0.6 is 23.2 Å². The number of aliphatic carboxylic acids is 1. The predicted octanol–water partition coefficient (Wildman–Crippen LogP) is 4.21. The minimum Gasteiger partial charge on any atom is -0.480 e. The van der Waals surface area contributed by atoms with Gasteiger partial charge in [0, 0.05) is 28.2 Å². The SMILES string of the molecule is O=C(O)CN(c1ccc2c(ccn2-c2cnc(NC3CCOC3)cn2)c1)S(=O)(=O)c1cc(Cl)cc(Cl)c1. The lowest BCUT2D eigenvalue weighted by Gasteiger charge is -2.23. The van der Waals surface area contributed by atoms with Crippen molar-refractivity contribution in [3.63, 3.8) is 0 Å². The molecule has 10 nitrogen and oxygen atoms in total. The molecule has 4 aromatic rings. The van der Waals surface area contributed by atoms with E-state index in [1.54, 1.807) is 41.4 Å². The fraction of sp³-hybridized carbons (Fsp3) is 0.208. The second kappa shape index (κ2) is 10.2. The molecular formula is C24H21Cl2N5O5S. The summed E-state index contributed by atoms with van der Waals surface area (Å²) in [4.78, 5) is 20.3. The van der Waals surface area contributed by atoms with Crippen molar-refractivity contribution in [2.45, 2.75) is 17.4 Å². The first-order chi connectivity index (χ1) is 17.7. The van der Waals surface area contributed by atoms with E-state index in [-0.39, 0.29) is 26.7 Å². The second-order valence-electron chi connectivity index (χ2n) is 8.40. The molecule has 0 amide bonds. The molecule has 0 aliphatic carbocycles. The minimum atomic E-state index is -4.28. The molecule has 1 atom stereocenters. The summed E-state index contributed by atoms with van der Waals surface area (Å²) >= 11 is 12.0. The highest BCUT2D eigenvalue weighted by Gasteiger charge is 2.28. The van der Waals surface area contributed by atoms with Gasteiger partial charge in [-0.05, 0) is 48.9 Å². The lowest BCUT2D eigenvalue weighted by Crippen LogP contribution is -2.35. The topological polar surface area (TPSA) is 127 Å². The van der Waals surface area contributed by atoms with Crippen molar-refractivity contribution in [1.29, 1.82) is 0 Å². The molecule has 1 unspecified atom stereocenters. The number of halogens is 2. The highest BCUT2D eigenvalue weighted by Crippen LogP contribution is 2.31. The fourth-order valence-corrected chi connectivity index (χ4v) is 6.24. The molecular weight excluding hydrogens is 541 g/mol. The summed E-state index contributed by atoms with van der Waals surface area (Å²) in [5, 5.41) is 13.7. The van der Waals surface area contributed by atoms with E-state index in [1.165, 1.54) is 24.3 Å². The van der Waals surface area contributed by atoms with Gasteiger partial charge in [0.25, 0.3) is 10.0 Å². The average molecular weight is 562 g/mol. The molecule has 2 aromatic carbocycles. The third-order valence-corrected chi connectivity index (χ3v) is 8.02. The first kappa shape index (κ1) is 25.3. The zero-order chi connectivity index (χ0) is 26.2. The lowest BCUT2D eigenvalue weighted by atomic mass is 10.2. The van der Waals surface area contributed by atoms with E-state index in [2.05, 4.69) is 15.3 Å². The molecule has 2 aromatic heterocycles. The molecule has 192 valence electrons. The summed E-state index contributed by atoms with van der Waals surface area (Å²) in [6, 6.07) is 10.7. The van der Waals surface area contributed by atoms with Gasteiger partial charge in [-0.15, -0.1) is 0 Å². The average Bonchev–Trinajstić information content (AvgIpc) is 3.52. The van der Waals surface area contributed by atoms with E-state index >= 15 is 0 Å². The van der Waals surface area contributed by atoms with E-state index in [9.17, 15) is 18.3 Å². The van der Waals surface area contributed by atoms with Gasteiger partial charge < -0.3 is 15.2 Å². The summed E-state index contributed by atoms with van der Waals surface area (Å²) in [6.45, 7) is 0.566.